The predicted octanol–water partition coefficient (Wildman–Crippen LogP) is 4.26. The summed E-state index contributed by atoms with van der Waals surface area (Å²) >= 11 is 0. The number of aromatic nitrogens is 5. The van der Waals surface area contributed by atoms with Gasteiger partial charge in [0, 0.05) is 46.8 Å². The molecule has 8 nitrogen and oxygen atoms in total. The number of H-pyrrole nitrogens is 1. The lowest BCUT2D eigenvalue weighted by Crippen LogP contribution is -2.26. The Morgan fingerprint density at radius 1 is 1.06 bits per heavy atom. The lowest BCUT2D eigenvalue weighted by Gasteiger charge is -2.21. The number of aliphatic hydroxyl groups excluding tert-OH is 1. The van der Waals surface area contributed by atoms with Crippen molar-refractivity contribution in [2.75, 3.05) is 18.4 Å². The highest BCUT2D eigenvalue weighted by molar-refractivity contribution is 6.12. The summed E-state index contributed by atoms with van der Waals surface area (Å²) < 4.78 is 41.9. The lowest BCUT2D eigenvalue weighted by atomic mass is 10.1. The molecule has 6 rings (SSSR count). The molecule has 1 aliphatic heterocycles. The van der Waals surface area contributed by atoms with Crippen LogP contribution < -0.4 is 10.6 Å². The van der Waals surface area contributed by atoms with E-state index < -0.39 is 17.8 Å². The Hall–Kier alpha value is -3.83. The SMILES string of the molecule is OC1CNCCC(Nc2nc(-c3ccnc4[nH]c5ccccc5c34)nc3cncc(C(F)(F)F)c23)C1. The molecule has 1 saturated heterocycles. The fourth-order valence-electron chi connectivity index (χ4n) is 4.88. The molecule has 2 atom stereocenters. The minimum Gasteiger partial charge on any atom is -0.392 e. The van der Waals surface area contributed by atoms with Gasteiger partial charge in [-0.2, -0.15) is 13.2 Å². The third kappa shape index (κ3) is 3.99. The predicted molar refractivity (Wildman–Crippen MR) is 130 cm³/mol. The summed E-state index contributed by atoms with van der Waals surface area (Å²) in [6, 6.07) is 9.18. The molecule has 1 aliphatic rings. The summed E-state index contributed by atoms with van der Waals surface area (Å²) in [5.74, 6) is 0.323. The van der Waals surface area contributed by atoms with Crippen LogP contribution in [0.5, 0.6) is 0 Å². The maximum absolute atomic E-state index is 14.0. The highest BCUT2D eigenvalue weighted by atomic mass is 19.4. The topological polar surface area (TPSA) is 112 Å². The number of nitrogens with one attached hydrogen (secondary N) is 3. The maximum Gasteiger partial charge on any atom is 0.418 e. The van der Waals surface area contributed by atoms with E-state index in [4.69, 9.17) is 0 Å². The van der Waals surface area contributed by atoms with Gasteiger partial charge in [-0.05, 0) is 31.5 Å². The Balaban J connectivity index is 1.58. The van der Waals surface area contributed by atoms with Gasteiger partial charge in [0.15, 0.2) is 5.82 Å². The minimum atomic E-state index is -4.64. The van der Waals surface area contributed by atoms with Crippen LogP contribution in [0.3, 0.4) is 0 Å². The molecule has 0 amide bonds. The van der Waals surface area contributed by atoms with Gasteiger partial charge in [-0.3, -0.25) is 4.98 Å². The molecule has 1 fully saturated rings. The average molecular weight is 493 g/mol. The third-order valence-electron chi connectivity index (χ3n) is 6.50. The normalized spacial score (nSPS) is 19.1. The first-order valence-electron chi connectivity index (χ1n) is 11.6. The second-order valence-electron chi connectivity index (χ2n) is 8.95. The van der Waals surface area contributed by atoms with Gasteiger partial charge in [-0.25, -0.2) is 15.0 Å². The lowest BCUT2D eigenvalue weighted by molar-refractivity contribution is -0.136. The Labute approximate surface area is 203 Å². The number of alkyl halides is 3. The molecule has 0 aliphatic carbocycles. The van der Waals surface area contributed by atoms with Crippen LogP contribution >= 0.6 is 0 Å². The van der Waals surface area contributed by atoms with Crippen LogP contribution in [0.4, 0.5) is 19.0 Å². The molecule has 4 aromatic heterocycles. The molecule has 11 heteroatoms. The number of hydrogen-bond acceptors (Lipinski definition) is 7. The highest BCUT2D eigenvalue weighted by Crippen LogP contribution is 2.39. The van der Waals surface area contributed by atoms with Crippen molar-refractivity contribution in [1.82, 2.24) is 30.2 Å². The number of benzene rings is 1. The standard InChI is InChI=1S/C25H22F3N7O/c26-25(27,28)17-11-30-12-19-21(17)24(32-13-5-7-29-10-14(36)9-13)35-22(34-19)16-6-8-31-23-20(16)15-3-1-2-4-18(15)33-23/h1-4,6,8,11-14,29,36H,5,7,9-10H2,(H,31,33)(H,32,34,35). The van der Waals surface area contributed by atoms with Crippen molar-refractivity contribution in [3.63, 3.8) is 0 Å². The number of rotatable bonds is 3. The van der Waals surface area contributed by atoms with Crippen LogP contribution in [-0.4, -0.2) is 55.3 Å². The smallest absolute Gasteiger partial charge is 0.392 e. The number of aliphatic hydroxyl groups is 1. The van der Waals surface area contributed by atoms with Crippen LogP contribution in [-0.2, 0) is 6.18 Å². The van der Waals surface area contributed by atoms with E-state index >= 15 is 0 Å². The number of pyridine rings is 2. The van der Waals surface area contributed by atoms with Gasteiger partial charge in [-0.1, -0.05) is 18.2 Å². The fraction of sp³-hybridized carbons (Fsp3) is 0.280. The molecule has 36 heavy (non-hydrogen) atoms. The summed E-state index contributed by atoms with van der Waals surface area (Å²) in [5.41, 5.74) is 1.32. The Bertz CT molecular complexity index is 1580. The molecule has 4 N–H and O–H groups in total. The van der Waals surface area contributed by atoms with E-state index in [2.05, 4.69) is 35.6 Å². The maximum atomic E-state index is 14.0. The zero-order valence-corrected chi connectivity index (χ0v) is 19.0. The number of hydrogen-bond donors (Lipinski definition) is 4. The van der Waals surface area contributed by atoms with Crippen molar-refractivity contribution in [1.29, 1.82) is 0 Å². The van der Waals surface area contributed by atoms with E-state index in [1.807, 2.05) is 24.3 Å². The first kappa shape index (κ1) is 22.6. The zero-order valence-electron chi connectivity index (χ0n) is 19.0. The molecule has 5 heterocycles. The first-order valence-corrected chi connectivity index (χ1v) is 11.6. The van der Waals surface area contributed by atoms with Crippen molar-refractivity contribution in [2.45, 2.75) is 31.2 Å². The highest BCUT2D eigenvalue weighted by Gasteiger charge is 2.35. The third-order valence-corrected chi connectivity index (χ3v) is 6.50. The summed E-state index contributed by atoms with van der Waals surface area (Å²) in [5, 5.41) is 18.1. The second-order valence-corrected chi connectivity index (χ2v) is 8.95. The van der Waals surface area contributed by atoms with Crippen molar-refractivity contribution in [3.8, 4) is 11.4 Å². The number of β-amino-alcohol motifs (C(OH)–C–C–N with tert-alkyl or cyclic N) is 1. The average Bonchev–Trinajstić information content (AvgIpc) is 3.12. The van der Waals surface area contributed by atoms with E-state index in [0.29, 0.717) is 37.1 Å². The summed E-state index contributed by atoms with van der Waals surface area (Å²) in [7, 11) is 0. The number of halogens is 3. The molecular weight excluding hydrogens is 471 g/mol. The second kappa shape index (κ2) is 8.68. The summed E-state index contributed by atoms with van der Waals surface area (Å²) in [4.78, 5) is 20.7. The van der Waals surface area contributed by atoms with Gasteiger partial charge in [-0.15, -0.1) is 0 Å². The van der Waals surface area contributed by atoms with E-state index in [-0.39, 0.29) is 28.6 Å². The van der Waals surface area contributed by atoms with Crippen LogP contribution in [0.2, 0.25) is 0 Å². The Kier molecular flexibility index (Phi) is 5.45. The molecule has 0 saturated carbocycles. The summed E-state index contributed by atoms with van der Waals surface area (Å²) in [6.07, 6.45) is -0.533. The number of fused-ring (bicyclic) bond motifs is 4. The van der Waals surface area contributed by atoms with Crippen molar-refractivity contribution >= 4 is 38.7 Å². The monoisotopic (exact) mass is 493 g/mol. The largest absolute Gasteiger partial charge is 0.418 e. The van der Waals surface area contributed by atoms with Gasteiger partial charge < -0.3 is 20.7 Å². The van der Waals surface area contributed by atoms with Crippen LogP contribution in [0.25, 0.3) is 44.2 Å². The molecule has 184 valence electrons. The van der Waals surface area contributed by atoms with Crippen LogP contribution in [0, 0.1) is 0 Å². The molecule has 1 aromatic carbocycles. The Morgan fingerprint density at radius 2 is 1.92 bits per heavy atom. The van der Waals surface area contributed by atoms with Gasteiger partial charge in [0.05, 0.1) is 28.8 Å². The number of aromatic amines is 1. The van der Waals surface area contributed by atoms with E-state index in [1.54, 1.807) is 12.3 Å². The summed E-state index contributed by atoms with van der Waals surface area (Å²) in [6.45, 7) is 1.06. The number of anilines is 1. The first-order chi connectivity index (χ1) is 17.4. The number of nitrogens with zero attached hydrogens (tertiary/aromatic N) is 4. The molecule has 0 bridgehead atoms. The van der Waals surface area contributed by atoms with Crippen molar-refractivity contribution in [3.05, 3.63) is 54.5 Å². The Morgan fingerprint density at radius 3 is 2.78 bits per heavy atom. The number of para-hydroxylation sites is 1. The quantitative estimate of drug-likeness (QED) is 0.297. The molecule has 2 unspecified atom stereocenters. The van der Waals surface area contributed by atoms with Crippen molar-refractivity contribution in [2.24, 2.45) is 0 Å². The molecular formula is C25H22F3N7O. The van der Waals surface area contributed by atoms with Gasteiger partial charge in [0.2, 0.25) is 0 Å². The van der Waals surface area contributed by atoms with E-state index in [9.17, 15) is 18.3 Å². The van der Waals surface area contributed by atoms with E-state index in [0.717, 1.165) is 22.5 Å². The molecule has 0 radical (unpaired) electrons. The van der Waals surface area contributed by atoms with Gasteiger partial charge in [0.1, 0.15) is 11.5 Å². The van der Waals surface area contributed by atoms with Crippen molar-refractivity contribution < 1.29 is 18.3 Å². The molecule has 0 spiro atoms. The van der Waals surface area contributed by atoms with Gasteiger partial charge >= 0.3 is 6.18 Å². The van der Waals surface area contributed by atoms with Crippen LogP contribution in [0.1, 0.15) is 18.4 Å². The van der Waals surface area contributed by atoms with E-state index in [1.165, 1.54) is 6.20 Å². The van der Waals surface area contributed by atoms with Gasteiger partial charge in [0.25, 0.3) is 0 Å². The zero-order chi connectivity index (χ0) is 24.9. The molecule has 5 aromatic rings. The van der Waals surface area contributed by atoms with Crippen LogP contribution in [0.15, 0.2) is 48.9 Å². The fourth-order valence-corrected chi connectivity index (χ4v) is 4.88. The minimum absolute atomic E-state index is 0.0635.